The molecule has 0 bridgehead atoms. The molecule has 0 atom stereocenters. The van der Waals surface area contributed by atoms with Gasteiger partial charge in [0.15, 0.2) is 5.69 Å². The lowest BCUT2D eigenvalue weighted by Gasteiger charge is -2.11. The zero-order chi connectivity index (χ0) is 17.4. The van der Waals surface area contributed by atoms with Crippen molar-refractivity contribution in [2.75, 3.05) is 0 Å². The van der Waals surface area contributed by atoms with Crippen molar-refractivity contribution in [2.45, 2.75) is 32.7 Å². The van der Waals surface area contributed by atoms with Gasteiger partial charge in [0.2, 0.25) is 0 Å². The first kappa shape index (κ1) is 16.9. The van der Waals surface area contributed by atoms with E-state index < -0.39 is 23.4 Å². The average molecular weight is 329 g/mol. The number of aliphatic hydroxyl groups excluding tert-OH is 1. The van der Waals surface area contributed by atoms with Crippen molar-refractivity contribution in [3.8, 4) is 11.4 Å². The average Bonchev–Trinajstić information content (AvgIpc) is 2.91. The van der Waals surface area contributed by atoms with E-state index in [9.17, 15) is 23.3 Å². The first-order valence-corrected chi connectivity index (χ1v) is 6.69. The predicted molar refractivity (Wildman–Crippen MR) is 75.6 cm³/mol. The van der Waals surface area contributed by atoms with Crippen molar-refractivity contribution in [3.63, 3.8) is 0 Å². The molecule has 0 aliphatic rings. The van der Waals surface area contributed by atoms with Crippen molar-refractivity contribution >= 4 is 5.69 Å². The summed E-state index contributed by atoms with van der Waals surface area (Å²) in [5, 5.41) is 20.1. The van der Waals surface area contributed by atoms with Crippen molar-refractivity contribution in [2.24, 2.45) is 0 Å². The fourth-order valence-corrected chi connectivity index (χ4v) is 2.14. The van der Waals surface area contributed by atoms with Crippen LogP contribution in [-0.4, -0.2) is 19.6 Å². The molecule has 0 fully saturated rings. The van der Waals surface area contributed by atoms with Gasteiger partial charge in [0, 0.05) is 23.9 Å². The Hall–Kier alpha value is -2.42. The molecule has 1 aromatic carbocycles. The molecular weight excluding hydrogens is 315 g/mol. The highest BCUT2D eigenvalue weighted by Crippen LogP contribution is 2.34. The number of halogens is 3. The number of hydrogen-bond donors (Lipinski definition) is 1. The van der Waals surface area contributed by atoms with Crippen LogP contribution in [0.2, 0.25) is 0 Å². The van der Waals surface area contributed by atoms with Gasteiger partial charge in [-0.2, -0.15) is 13.2 Å². The maximum absolute atomic E-state index is 12.9. The Morgan fingerprint density at radius 3 is 2.52 bits per heavy atom. The van der Waals surface area contributed by atoms with E-state index in [-0.39, 0.29) is 28.7 Å². The SMILES string of the molecule is CC(C)n1cc(C(F)(F)F)nc1-c1ccc(CO)c([N+](=O)[O-])c1. The molecule has 2 rings (SSSR count). The van der Waals surface area contributed by atoms with Crippen molar-refractivity contribution in [3.05, 3.63) is 45.8 Å². The lowest BCUT2D eigenvalue weighted by Crippen LogP contribution is -2.05. The molecule has 0 unspecified atom stereocenters. The largest absolute Gasteiger partial charge is 0.434 e. The fraction of sp³-hybridized carbons (Fsp3) is 0.357. The summed E-state index contributed by atoms with van der Waals surface area (Å²) in [5.41, 5.74) is -1.16. The standard InChI is InChI=1S/C14H14F3N3O3/c1-8(2)19-6-12(14(15,16)17)18-13(19)9-3-4-10(7-21)11(5-9)20(22)23/h3-6,8,21H,7H2,1-2H3. The van der Waals surface area contributed by atoms with Gasteiger partial charge in [0.1, 0.15) is 5.82 Å². The number of nitro benzene ring substituents is 1. The molecule has 1 N–H and O–H groups in total. The number of alkyl halides is 3. The first-order valence-electron chi connectivity index (χ1n) is 6.69. The maximum atomic E-state index is 12.9. The van der Waals surface area contributed by atoms with E-state index in [0.29, 0.717) is 0 Å². The molecule has 6 nitrogen and oxygen atoms in total. The third-order valence-corrected chi connectivity index (χ3v) is 3.29. The molecule has 0 spiro atoms. The number of imidazole rings is 1. The molecular formula is C14H14F3N3O3. The minimum Gasteiger partial charge on any atom is -0.391 e. The minimum absolute atomic E-state index is 0.0140. The highest BCUT2D eigenvalue weighted by molar-refractivity contribution is 5.62. The lowest BCUT2D eigenvalue weighted by atomic mass is 10.1. The van der Waals surface area contributed by atoms with Crippen LogP contribution in [0.25, 0.3) is 11.4 Å². The molecule has 2 aromatic rings. The number of hydrogen-bond acceptors (Lipinski definition) is 4. The minimum atomic E-state index is -4.61. The summed E-state index contributed by atoms with van der Waals surface area (Å²) in [4.78, 5) is 13.9. The van der Waals surface area contributed by atoms with E-state index >= 15 is 0 Å². The summed E-state index contributed by atoms with van der Waals surface area (Å²) >= 11 is 0. The highest BCUT2D eigenvalue weighted by Gasteiger charge is 2.35. The van der Waals surface area contributed by atoms with Gasteiger partial charge >= 0.3 is 6.18 Å². The quantitative estimate of drug-likeness (QED) is 0.687. The summed E-state index contributed by atoms with van der Waals surface area (Å²) in [6.07, 6.45) is -3.72. The Morgan fingerprint density at radius 1 is 1.39 bits per heavy atom. The molecule has 1 heterocycles. The molecule has 0 radical (unpaired) electrons. The van der Waals surface area contributed by atoms with Crippen LogP contribution < -0.4 is 0 Å². The zero-order valence-electron chi connectivity index (χ0n) is 12.3. The Kier molecular flexibility index (Phi) is 4.42. The van der Waals surface area contributed by atoms with E-state index in [4.69, 9.17) is 5.11 Å². The van der Waals surface area contributed by atoms with Crippen LogP contribution in [0.15, 0.2) is 24.4 Å². The van der Waals surface area contributed by atoms with Gasteiger partial charge in [-0.3, -0.25) is 10.1 Å². The summed E-state index contributed by atoms with van der Waals surface area (Å²) in [6, 6.07) is 3.51. The molecule has 0 saturated carbocycles. The fourth-order valence-electron chi connectivity index (χ4n) is 2.14. The molecule has 0 saturated heterocycles. The van der Waals surface area contributed by atoms with Crippen LogP contribution in [0.3, 0.4) is 0 Å². The van der Waals surface area contributed by atoms with Gasteiger partial charge in [-0.1, -0.05) is 6.07 Å². The van der Waals surface area contributed by atoms with Crippen LogP contribution in [-0.2, 0) is 12.8 Å². The summed E-state index contributed by atoms with van der Waals surface area (Å²) < 4.78 is 39.9. The first-order chi connectivity index (χ1) is 10.6. The lowest BCUT2D eigenvalue weighted by molar-refractivity contribution is -0.385. The molecule has 0 amide bonds. The zero-order valence-corrected chi connectivity index (χ0v) is 12.3. The third-order valence-electron chi connectivity index (χ3n) is 3.29. The Bertz CT molecular complexity index is 739. The molecule has 0 aliphatic heterocycles. The number of nitro groups is 1. The van der Waals surface area contributed by atoms with Gasteiger partial charge in [0.05, 0.1) is 17.1 Å². The van der Waals surface area contributed by atoms with Crippen LogP contribution in [0, 0.1) is 10.1 Å². The number of nitrogens with zero attached hydrogens (tertiary/aromatic N) is 3. The number of aromatic nitrogens is 2. The van der Waals surface area contributed by atoms with Crippen LogP contribution in [0.4, 0.5) is 18.9 Å². The van der Waals surface area contributed by atoms with Gasteiger partial charge in [-0.25, -0.2) is 4.98 Å². The Balaban J connectivity index is 2.64. The van der Waals surface area contributed by atoms with Gasteiger partial charge in [0.25, 0.3) is 5.69 Å². The smallest absolute Gasteiger partial charge is 0.391 e. The predicted octanol–water partition coefficient (Wildman–Crippen LogP) is 3.55. The van der Waals surface area contributed by atoms with Gasteiger partial charge in [-0.15, -0.1) is 0 Å². The molecule has 9 heteroatoms. The second kappa shape index (κ2) is 5.99. The summed E-state index contributed by atoms with van der Waals surface area (Å²) in [7, 11) is 0. The molecule has 0 aliphatic carbocycles. The van der Waals surface area contributed by atoms with E-state index in [0.717, 1.165) is 12.3 Å². The number of aliphatic hydroxyl groups is 1. The van der Waals surface area contributed by atoms with E-state index in [1.165, 1.54) is 16.7 Å². The molecule has 1 aromatic heterocycles. The van der Waals surface area contributed by atoms with Gasteiger partial charge in [-0.05, 0) is 19.9 Å². The van der Waals surface area contributed by atoms with Crippen molar-refractivity contribution in [1.82, 2.24) is 9.55 Å². The monoisotopic (exact) mass is 329 g/mol. The van der Waals surface area contributed by atoms with E-state index in [1.807, 2.05) is 0 Å². The normalized spacial score (nSPS) is 12.0. The van der Waals surface area contributed by atoms with Crippen LogP contribution >= 0.6 is 0 Å². The summed E-state index contributed by atoms with van der Waals surface area (Å²) in [5.74, 6) is -0.0140. The second-order valence-corrected chi connectivity index (χ2v) is 5.21. The van der Waals surface area contributed by atoms with E-state index in [1.54, 1.807) is 13.8 Å². The Labute approximate surface area is 129 Å². The van der Waals surface area contributed by atoms with Crippen LogP contribution in [0.1, 0.15) is 31.1 Å². The van der Waals surface area contributed by atoms with Crippen molar-refractivity contribution < 1.29 is 23.2 Å². The van der Waals surface area contributed by atoms with Gasteiger partial charge < -0.3 is 9.67 Å². The number of benzene rings is 1. The number of rotatable bonds is 4. The second-order valence-electron chi connectivity index (χ2n) is 5.21. The topological polar surface area (TPSA) is 81.2 Å². The Morgan fingerprint density at radius 2 is 2.04 bits per heavy atom. The third kappa shape index (κ3) is 3.34. The van der Waals surface area contributed by atoms with Crippen molar-refractivity contribution in [1.29, 1.82) is 0 Å². The maximum Gasteiger partial charge on any atom is 0.434 e. The van der Waals surface area contributed by atoms with E-state index in [2.05, 4.69) is 4.98 Å². The molecule has 23 heavy (non-hydrogen) atoms. The molecule has 124 valence electrons. The van der Waals surface area contributed by atoms with Crippen LogP contribution in [0.5, 0.6) is 0 Å². The highest BCUT2D eigenvalue weighted by atomic mass is 19.4. The summed E-state index contributed by atoms with van der Waals surface area (Å²) in [6.45, 7) is 2.83.